The van der Waals surface area contributed by atoms with Gasteiger partial charge in [-0.2, -0.15) is 4.98 Å². The van der Waals surface area contributed by atoms with Crippen LogP contribution in [0.5, 0.6) is 0 Å². The van der Waals surface area contributed by atoms with Gasteiger partial charge >= 0.3 is 0 Å². The van der Waals surface area contributed by atoms with Crippen molar-refractivity contribution in [2.75, 3.05) is 18.9 Å². The average Bonchev–Trinajstić information content (AvgIpc) is 2.70. The fourth-order valence-corrected chi connectivity index (χ4v) is 1.36. The number of anilines is 1. The van der Waals surface area contributed by atoms with E-state index in [4.69, 9.17) is 0 Å². The second-order valence-electron chi connectivity index (χ2n) is 3.42. The SMILES string of the molecule is CNC(=O)CNc1nc2c(C)cccn2n1. The Hall–Kier alpha value is -2.11. The number of amides is 1. The first-order chi connectivity index (χ1) is 7.70. The molecular weight excluding hydrogens is 206 g/mol. The summed E-state index contributed by atoms with van der Waals surface area (Å²) >= 11 is 0. The number of nitrogens with one attached hydrogen (secondary N) is 2. The van der Waals surface area contributed by atoms with Crippen molar-refractivity contribution in [3.05, 3.63) is 23.9 Å². The summed E-state index contributed by atoms with van der Waals surface area (Å²) in [6.45, 7) is 2.14. The Balaban J connectivity index is 2.20. The molecule has 2 heterocycles. The maximum atomic E-state index is 11.0. The van der Waals surface area contributed by atoms with Gasteiger partial charge in [-0.3, -0.25) is 4.79 Å². The van der Waals surface area contributed by atoms with Gasteiger partial charge in [-0.1, -0.05) is 6.07 Å². The van der Waals surface area contributed by atoms with E-state index in [0.717, 1.165) is 11.2 Å². The van der Waals surface area contributed by atoms with Crippen LogP contribution in [0.4, 0.5) is 5.95 Å². The molecule has 0 spiro atoms. The lowest BCUT2D eigenvalue weighted by Gasteiger charge is -1.98. The van der Waals surface area contributed by atoms with Gasteiger partial charge in [0.05, 0.1) is 6.54 Å². The quantitative estimate of drug-likeness (QED) is 0.773. The summed E-state index contributed by atoms with van der Waals surface area (Å²) in [6.07, 6.45) is 1.82. The molecule has 0 atom stereocenters. The highest BCUT2D eigenvalue weighted by atomic mass is 16.1. The summed E-state index contributed by atoms with van der Waals surface area (Å²) in [5, 5.41) is 9.57. The van der Waals surface area contributed by atoms with Crippen molar-refractivity contribution < 1.29 is 4.79 Å². The molecule has 0 aromatic carbocycles. The number of pyridine rings is 1. The van der Waals surface area contributed by atoms with Crippen LogP contribution in [0, 0.1) is 6.92 Å². The summed E-state index contributed by atoms with van der Waals surface area (Å²) in [6, 6.07) is 3.87. The van der Waals surface area contributed by atoms with Gasteiger partial charge in [0.2, 0.25) is 11.9 Å². The van der Waals surface area contributed by atoms with E-state index in [1.54, 1.807) is 11.6 Å². The number of carbonyl (C=O) groups is 1. The van der Waals surface area contributed by atoms with E-state index < -0.39 is 0 Å². The first-order valence-electron chi connectivity index (χ1n) is 4.97. The Bertz CT molecular complexity index is 519. The van der Waals surface area contributed by atoms with Crippen LogP contribution in [-0.4, -0.2) is 34.1 Å². The smallest absolute Gasteiger partial charge is 0.243 e. The molecule has 0 unspecified atom stereocenters. The van der Waals surface area contributed by atoms with Crippen LogP contribution >= 0.6 is 0 Å². The molecule has 2 rings (SSSR count). The molecule has 0 aliphatic carbocycles. The number of hydrogen-bond acceptors (Lipinski definition) is 4. The fourth-order valence-electron chi connectivity index (χ4n) is 1.36. The molecule has 2 aromatic heterocycles. The number of rotatable bonds is 3. The van der Waals surface area contributed by atoms with E-state index in [-0.39, 0.29) is 12.5 Å². The first-order valence-corrected chi connectivity index (χ1v) is 4.97. The summed E-state index contributed by atoms with van der Waals surface area (Å²) in [5.74, 6) is 0.355. The molecule has 2 aromatic rings. The maximum absolute atomic E-state index is 11.0. The van der Waals surface area contributed by atoms with E-state index in [9.17, 15) is 4.79 Å². The molecule has 0 bridgehead atoms. The largest absolute Gasteiger partial charge is 0.358 e. The summed E-state index contributed by atoms with van der Waals surface area (Å²) < 4.78 is 1.68. The summed E-state index contributed by atoms with van der Waals surface area (Å²) in [5.41, 5.74) is 1.84. The van der Waals surface area contributed by atoms with Gasteiger partial charge in [-0.05, 0) is 18.6 Å². The van der Waals surface area contributed by atoms with Gasteiger partial charge in [0.1, 0.15) is 0 Å². The molecule has 0 aliphatic heterocycles. The average molecular weight is 219 g/mol. The number of aryl methyl sites for hydroxylation is 1. The number of hydrogen-bond donors (Lipinski definition) is 2. The van der Waals surface area contributed by atoms with E-state index in [1.807, 2.05) is 25.3 Å². The zero-order valence-corrected chi connectivity index (χ0v) is 9.19. The molecule has 0 fully saturated rings. The molecule has 6 heteroatoms. The van der Waals surface area contributed by atoms with Gasteiger partial charge in [-0.25, -0.2) is 4.52 Å². The number of nitrogens with zero attached hydrogens (tertiary/aromatic N) is 3. The topological polar surface area (TPSA) is 71.3 Å². The van der Waals surface area contributed by atoms with Crippen LogP contribution < -0.4 is 10.6 Å². The lowest BCUT2D eigenvalue weighted by molar-refractivity contribution is -0.118. The first kappa shape index (κ1) is 10.4. The van der Waals surface area contributed by atoms with Gasteiger partial charge in [0.25, 0.3) is 0 Å². The van der Waals surface area contributed by atoms with Gasteiger partial charge < -0.3 is 10.6 Å². The molecule has 0 saturated carbocycles. The number of aromatic nitrogens is 3. The summed E-state index contributed by atoms with van der Waals surface area (Å²) in [7, 11) is 1.59. The molecule has 1 amide bonds. The molecule has 0 radical (unpaired) electrons. The zero-order chi connectivity index (χ0) is 11.5. The van der Waals surface area contributed by atoms with E-state index in [0.29, 0.717) is 5.95 Å². The van der Waals surface area contributed by atoms with Crippen molar-refractivity contribution in [2.45, 2.75) is 6.92 Å². The van der Waals surface area contributed by atoms with E-state index in [1.165, 1.54) is 0 Å². The lowest BCUT2D eigenvalue weighted by atomic mass is 10.3. The second-order valence-corrected chi connectivity index (χ2v) is 3.42. The Morgan fingerprint density at radius 1 is 1.56 bits per heavy atom. The number of carbonyl (C=O) groups excluding carboxylic acids is 1. The minimum absolute atomic E-state index is 0.101. The monoisotopic (exact) mass is 219 g/mol. The predicted molar refractivity (Wildman–Crippen MR) is 60.3 cm³/mol. The van der Waals surface area contributed by atoms with Crippen molar-refractivity contribution in [1.29, 1.82) is 0 Å². The van der Waals surface area contributed by atoms with Crippen LogP contribution in [0.1, 0.15) is 5.56 Å². The Morgan fingerprint density at radius 2 is 2.38 bits per heavy atom. The molecule has 0 saturated heterocycles. The van der Waals surface area contributed by atoms with Crippen LogP contribution in [-0.2, 0) is 4.79 Å². The van der Waals surface area contributed by atoms with Crippen molar-refractivity contribution in [1.82, 2.24) is 19.9 Å². The van der Waals surface area contributed by atoms with Gasteiger partial charge in [0.15, 0.2) is 5.65 Å². The molecule has 16 heavy (non-hydrogen) atoms. The van der Waals surface area contributed by atoms with Gasteiger partial charge in [-0.15, -0.1) is 5.10 Å². The minimum atomic E-state index is -0.101. The highest BCUT2D eigenvalue weighted by molar-refractivity contribution is 5.79. The van der Waals surface area contributed by atoms with Crippen LogP contribution in [0.2, 0.25) is 0 Å². The Morgan fingerprint density at radius 3 is 3.06 bits per heavy atom. The zero-order valence-electron chi connectivity index (χ0n) is 9.19. The predicted octanol–water partition coefficient (Wildman–Crippen LogP) is 0.196. The highest BCUT2D eigenvalue weighted by Crippen LogP contribution is 2.09. The normalized spacial score (nSPS) is 10.4. The van der Waals surface area contributed by atoms with Crippen LogP contribution in [0.15, 0.2) is 18.3 Å². The molecule has 84 valence electrons. The third-order valence-electron chi connectivity index (χ3n) is 2.24. The Kier molecular flexibility index (Phi) is 2.72. The number of fused-ring (bicyclic) bond motifs is 1. The van der Waals surface area contributed by atoms with Crippen molar-refractivity contribution >= 4 is 17.5 Å². The molecule has 2 N–H and O–H groups in total. The van der Waals surface area contributed by atoms with Crippen molar-refractivity contribution in [3.8, 4) is 0 Å². The van der Waals surface area contributed by atoms with E-state index in [2.05, 4.69) is 20.7 Å². The fraction of sp³-hybridized carbons (Fsp3) is 0.300. The highest BCUT2D eigenvalue weighted by Gasteiger charge is 2.05. The third kappa shape index (κ3) is 1.95. The summed E-state index contributed by atoms with van der Waals surface area (Å²) in [4.78, 5) is 15.3. The van der Waals surface area contributed by atoms with Crippen molar-refractivity contribution in [3.63, 3.8) is 0 Å². The van der Waals surface area contributed by atoms with Gasteiger partial charge in [0, 0.05) is 13.2 Å². The lowest BCUT2D eigenvalue weighted by Crippen LogP contribution is -2.26. The van der Waals surface area contributed by atoms with Crippen molar-refractivity contribution in [2.24, 2.45) is 0 Å². The third-order valence-corrected chi connectivity index (χ3v) is 2.24. The molecule has 6 nitrogen and oxygen atoms in total. The maximum Gasteiger partial charge on any atom is 0.243 e. The van der Waals surface area contributed by atoms with E-state index >= 15 is 0 Å². The minimum Gasteiger partial charge on any atom is -0.358 e. The Labute approximate surface area is 92.7 Å². The molecular formula is C10H13N5O. The standard InChI is InChI=1S/C10H13N5O/c1-7-4-3-5-15-9(7)13-10(14-15)12-6-8(16)11-2/h3-5H,6H2,1-2H3,(H,11,16)(H,12,14). The molecule has 0 aliphatic rings. The van der Waals surface area contributed by atoms with Crippen LogP contribution in [0.3, 0.4) is 0 Å². The van der Waals surface area contributed by atoms with Crippen LogP contribution in [0.25, 0.3) is 5.65 Å². The number of likely N-dealkylation sites (N-methyl/N-ethyl adjacent to an activating group) is 1. The second kappa shape index (κ2) is 4.18.